The highest BCUT2D eigenvalue weighted by Gasteiger charge is 2.17. The summed E-state index contributed by atoms with van der Waals surface area (Å²) in [4.78, 5) is 9.91. The van der Waals surface area contributed by atoms with Crippen LogP contribution in [0.2, 0.25) is 0 Å². The van der Waals surface area contributed by atoms with E-state index in [0.29, 0.717) is 0 Å². The number of rotatable bonds is 3. The lowest BCUT2D eigenvalue weighted by molar-refractivity contribution is 0.673. The zero-order valence-electron chi connectivity index (χ0n) is 23.2. The lowest BCUT2D eigenvalue weighted by Gasteiger charge is -2.10. The van der Waals surface area contributed by atoms with Crippen molar-refractivity contribution in [1.82, 2.24) is 9.97 Å². The summed E-state index contributed by atoms with van der Waals surface area (Å²) in [7, 11) is 0. The Labute approximate surface area is 247 Å². The lowest BCUT2D eigenvalue weighted by Crippen LogP contribution is -1.89. The summed E-state index contributed by atoms with van der Waals surface area (Å²) in [5.74, 6) is 0. The Balaban J connectivity index is 1.22. The van der Waals surface area contributed by atoms with Crippen molar-refractivity contribution in [1.29, 1.82) is 0 Å². The predicted octanol–water partition coefficient (Wildman–Crippen LogP) is 10.8. The fourth-order valence-corrected chi connectivity index (χ4v) is 6.35. The Morgan fingerprint density at radius 3 is 2.02 bits per heavy atom. The summed E-state index contributed by atoms with van der Waals surface area (Å²) in [5, 5.41) is 6.62. The fraction of sp³-hybridized carbons (Fsp3) is 0. The van der Waals surface area contributed by atoms with Gasteiger partial charge in [0.1, 0.15) is 11.2 Å². The molecular weight excluding hydrogens is 524 g/mol. The van der Waals surface area contributed by atoms with Gasteiger partial charge in [0.25, 0.3) is 0 Å². The number of para-hydroxylation sites is 1. The lowest BCUT2D eigenvalue weighted by atomic mass is 9.97. The van der Waals surface area contributed by atoms with E-state index < -0.39 is 0 Å². The number of furan rings is 1. The number of aromatic nitrogens is 2. The van der Waals surface area contributed by atoms with Crippen molar-refractivity contribution in [3.8, 4) is 33.5 Å². The molecule has 3 aromatic heterocycles. The second-order valence-corrected chi connectivity index (χ2v) is 11.0. The first-order valence-corrected chi connectivity index (χ1v) is 14.5. The molecule has 0 aliphatic heterocycles. The van der Waals surface area contributed by atoms with Crippen molar-refractivity contribution in [2.45, 2.75) is 0 Å². The fourth-order valence-electron chi connectivity index (χ4n) is 6.35. The van der Waals surface area contributed by atoms with E-state index in [9.17, 15) is 0 Å². The van der Waals surface area contributed by atoms with Crippen LogP contribution >= 0.6 is 0 Å². The minimum Gasteiger partial charge on any atom is -0.455 e. The molecule has 3 heteroatoms. The third-order valence-electron chi connectivity index (χ3n) is 8.47. The van der Waals surface area contributed by atoms with Crippen LogP contribution in [-0.2, 0) is 0 Å². The monoisotopic (exact) mass is 548 g/mol. The van der Waals surface area contributed by atoms with E-state index in [-0.39, 0.29) is 0 Å². The van der Waals surface area contributed by atoms with Crippen molar-refractivity contribution in [2.75, 3.05) is 0 Å². The van der Waals surface area contributed by atoms with Gasteiger partial charge in [0.15, 0.2) is 0 Å². The van der Waals surface area contributed by atoms with Gasteiger partial charge in [-0.15, -0.1) is 0 Å². The molecule has 0 unspecified atom stereocenters. The average molecular weight is 549 g/mol. The molecule has 0 spiro atoms. The topological polar surface area (TPSA) is 38.9 Å². The maximum absolute atomic E-state index is 6.64. The zero-order chi connectivity index (χ0) is 28.3. The van der Waals surface area contributed by atoms with Crippen LogP contribution in [0.25, 0.3) is 88.0 Å². The van der Waals surface area contributed by atoms with Crippen LogP contribution in [0.5, 0.6) is 0 Å². The first-order chi connectivity index (χ1) is 21.3. The highest BCUT2D eigenvalue weighted by atomic mass is 16.3. The van der Waals surface area contributed by atoms with Crippen molar-refractivity contribution < 1.29 is 4.42 Å². The maximum Gasteiger partial charge on any atom is 0.144 e. The van der Waals surface area contributed by atoms with Crippen LogP contribution in [0.15, 0.2) is 150 Å². The molecule has 9 rings (SSSR count). The second kappa shape index (κ2) is 9.37. The molecule has 0 atom stereocenters. The molecule has 0 aliphatic rings. The molecule has 0 radical (unpaired) electrons. The van der Waals surface area contributed by atoms with Crippen LogP contribution in [-0.4, -0.2) is 9.97 Å². The highest BCUT2D eigenvalue weighted by Crippen LogP contribution is 2.41. The largest absolute Gasteiger partial charge is 0.455 e. The van der Waals surface area contributed by atoms with Crippen molar-refractivity contribution in [3.05, 3.63) is 146 Å². The Morgan fingerprint density at radius 2 is 1.16 bits per heavy atom. The average Bonchev–Trinajstić information content (AvgIpc) is 3.46. The molecule has 0 bridgehead atoms. The number of fused-ring (bicyclic) bond motifs is 8. The van der Waals surface area contributed by atoms with E-state index >= 15 is 0 Å². The Morgan fingerprint density at radius 1 is 0.442 bits per heavy atom. The molecule has 3 nitrogen and oxygen atoms in total. The van der Waals surface area contributed by atoms with E-state index in [0.717, 1.165) is 82.5 Å². The van der Waals surface area contributed by atoms with Crippen LogP contribution in [0.3, 0.4) is 0 Å². The quantitative estimate of drug-likeness (QED) is 0.206. The highest BCUT2D eigenvalue weighted by molar-refractivity contribution is 6.24. The third kappa shape index (κ3) is 3.83. The van der Waals surface area contributed by atoms with Crippen LogP contribution < -0.4 is 0 Å². The minimum absolute atomic E-state index is 0.875. The third-order valence-corrected chi connectivity index (χ3v) is 8.47. The molecule has 0 saturated carbocycles. The molecule has 0 amide bonds. The molecular formula is C40H24N2O. The van der Waals surface area contributed by atoms with Gasteiger partial charge >= 0.3 is 0 Å². The smallest absolute Gasteiger partial charge is 0.144 e. The number of nitrogens with zero attached hydrogens (tertiary/aromatic N) is 2. The number of pyridine rings is 2. The molecule has 200 valence electrons. The molecule has 3 heterocycles. The van der Waals surface area contributed by atoms with Crippen LogP contribution in [0.1, 0.15) is 0 Å². The normalized spacial score (nSPS) is 11.7. The van der Waals surface area contributed by atoms with E-state index in [1.165, 1.54) is 5.56 Å². The second-order valence-electron chi connectivity index (χ2n) is 11.0. The summed E-state index contributed by atoms with van der Waals surface area (Å²) in [6, 6.07) is 48.7. The molecule has 0 saturated heterocycles. The van der Waals surface area contributed by atoms with Gasteiger partial charge in [-0.2, -0.15) is 0 Å². The van der Waals surface area contributed by atoms with E-state index in [4.69, 9.17) is 14.4 Å². The van der Waals surface area contributed by atoms with E-state index in [1.807, 2.05) is 24.4 Å². The molecule has 0 fully saturated rings. The summed E-state index contributed by atoms with van der Waals surface area (Å²) < 4.78 is 6.64. The van der Waals surface area contributed by atoms with E-state index in [2.05, 4.69) is 121 Å². The van der Waals surface area contributed by atoms with E-state index in [1.54, 1.807) is 0 Å². The summed E-state index contributed by atoms with van der Waals surface area (Å²) >= 11 is 0. The van der Waals surface area contributed by atoms with Crippen molar-refractivity contribution in [3.63, 3.8) is 0 Å². The van der Waals surface area contributed by atoms with Gasteiger partial charge in [-0.1, -0.05) is 103 Å². The van der Waals surface area contributed by atoms with Gasteiger partial charge in [0.05, 0.1) is 16.7 Å². The van der Waals surface area contributed by atoms with Crippen molar-refractivity contribution in [2.24, 2.45) is 0 Å². The Kier molecular flexibility index (Phi) is 5.20. The van der Waals surface area contributed by atoms with Crippen molar-refractivity contribution >= 4 is 54.5 Å². The Hall–Kier alpha value is -5.80. The number of hydrogen-bond donors (Lipinski definition) is 0. The first-order valence-electron chi connectivity index (χ1n) is 14.5. The summed E-state index contributed by atoms with van der Waals surface area (Å²) in [5.41, 5.74) is 10.3. The predicted molar refractivity (Wildman–Crippen MR) is 178 cm³/mol. The van der Waals surface area contributed by atoms with Gasteiger partial charge in [0, 0.05) is 49.6 Å². The number of hydrogen-bond acceptors (Lipinski definition) is 3. The molecule has 9 aromatic rings. The van der Waals surface area contributed by atoms with Crippen LogP contribution in [0, 0.1) is 0 Å². The molecule has 0 N–H and O–H groups in total. The zero-order valence-corrected chi connectivity index (χ0v) is 23.2. The van der Waals surface area contributed by atoms with Gasteiger partial charge in [-0.3, -0.25) is 4.98 Å². The van der Waals surface area contributed by atoms with Gasteiger partial charge < -0.3 is 4.42 Å². The maximum atomic E-state index is 6.64. The van der Waals surface area contributed by atoms with Gasteiger partial charge in [0.2, 0.25) is 0 Å². The Bertz CT molecular complexity index is 2500. The SMILES string of the molecule is c1ccc(-c2cnc3cc(-c4ccc5oc6c(ccc7c(-c8ccccc8)nc8ccccc8c76)c5c4)ccc3c2)cc1. The van der Waals surface area contributed by atoms with Gasteiger partial charge in [-0.25, -0.2) is 4.98 Å². The van der Waals surface area contributed by atoms with Crippen LogP contribution in [0.4, 0.5) is 0 Å². The summed E-state index contributed by atoms with van der Waals surface area (Å²) in [6.45, 7) is 0. The minimum atomic E-state index is 0.875. The summed E-state index contributed by atoms with van der Waals surface area (Å²) in [6.07, 6.45) is 1.96. The first kappa shape index (κ1) is 23.9. The van der Waals surface area contributed by atoms with Gasteiger partial charge in [-0.05, 0) is 53.1 Å². The standard InChI is InChI=1S/C40H24N2O/c1-3-9-25(10-4-1)30-21-29-16-15-28(23-36(29)41-24-30)27-17-20-37-34(22-27)31-18-19-33-38(40(31)43-37)32-13-7-8-14-35(32)42-39(33)26-11-5-2-6-12-26/h1-24H. The molecule has 6 aromatic carbocycles. The molecule has 0 aliphatic carbocycles. The molecule has 43 heavy (non-hydrogen) atoms. The number of benzene rings is 6.